The lowest BCUT2D eigenvalue weighted by Crippen LogP contribution is -2.22. The van der Waals surface area contributed by atoms with E-state index >= 15 is 0 Å². The molecule has 0 amide bonds. The van der Waals surface area contributed by atoms with Crippen molar-refractivity contribution in [2.75, 3.05) is 13.2 Å². The summed E-state index contributed by atoms with van der Waals surface area (Å²) in [6.07, 6.45) is 0.870. The zero-order valence-electron chi connectivity index (χ0n) is 10.5. The van der Waals surface area contributed by atoms with Gasteiger partial charge in [-0.2, -0.15) is 0 Å². The predicted molar refractivity (Wildman–Crippen MR) is 84.9 cm³/mol. The Kier molecular flexibility index (Phi) is 4.01. The van der Waals surface area contributed by atoms with Crippen molar-refractivity contribution in [2.24, 2.45) is 0 Å². The van der Waals surface area contributed by atoms with Crippen molar-refractivity contribution in [3.05, 3.63) is 43.5 Å². The summed E-state index contributed by atoms with van der Waals surface area (Å²) in [6.45, 7) is 1.28. The van der Waals surface area contributed by atoms with Crippen LogP contribution in [0.4, 0.5) is 4.39 Å². The number of pyridine rings is 1. The maximum Gasteiger partial charge on any atom is 0.203 e. The lowest BCUT2D eigenvalue weighted by molar-refractivity contribution is 0.187. The van der Waals surface area contributed by atoms with Crippen molar-refractivity contribution in [1.29, 1.82) is 0 Å². The Bertz CT molecular complexity index is 725. The fourth-order valence-electron chi connectivity index (χ4n) is 2.67. The Morgan fingerprint density at radius 3 is 2.95 bits per heavy atom. The largest absolute Gasteiger partial charge is 0.379 e. The van der Waals surface area contributed by atoms with Crippen molar-refractivity contribution in [3.63, 3.8) is 0 Å². The molecule has 3 rings (SSSR count). The minimum atomic E-state index is -0.404. The maximum absolute atomic E-state index is 13.4. The van der Waals surface area contributed by atoms with E-state index in [1.54, 1.807) is 6.07 Å². The van der Waals surface area contributed by atoms with E-state index in [0.717, 1.165) is 17.6 Å². The van der Waals surface area contributed by atoms with Gasteiger partial charge in [0.1, 0.15) is 5.82 Å². The maximum atomic E-state index is 13.4. The lowest BCUT2D eigenvalue weighted by atomic mass is 10.1. The van der Waals surface area contributed by atoms with Crippen molar-refractivity contribution in [2.45, 2.75) is 18.3 Å². The fraction of sp³-hybridized carbons (Fsp3) is 0.357. The van der Waals surface area contributed by atoms with Gasteiger partial charge in [-0.3, -0.25) is 4.79 Å². The molecule has 0 radical (unpaired) electrons. The van der Waals surface area contributed by atoms with E-state index in [1.165, 1.54) is 12.1 Å². The first-order chi connectivity index (χ1) is 9.63. The number of hydrogen-bond acceptors (Lipinski definition) is 2. The first-order valence-corrected chi connectivity index (χ1v) is 7.90. The third-order valence-electron chi connectivity index (χ3n) is 3.60. The summed E-state index contributed by atoms with van der Waals surface area (Å²) in [5, 5.41) is 0.398. The molecule has 0 bridgehead atoms. The Balaban J connectivity index is 2.40. The first-order valence-electron chi connectivity index (χ1n) is 6.29. The van der Waals surface area contributed by atoms with Crippen molar-refractivity contribution in [3.8, 4) is 0 Å². The van der Waals surface area contributed by atoms with Gasteiger partial charge in [-0.1, -0.05) is 0 Å². The van der Waals surface area contributed by atoms with Crippen LogP contribution in [0.3, 0.4) is 0 Å². The molecule has 6 heteroatoms. The van der Waals surface area contributed by atoms with E-state index in [1.807, 2.05) is 27.2 Å². The summed E-state index contributed by atoms with van der Waals surface area (Å²) in [4.78, 5) is 12.3. The molecule has 1 aromatic carbocycles. The molecule has 3 nitrogen and oxygen atoms in total. The highest BCUT2D eigenvalue weighted by molar-refractivity contribution is 14.1. The van der Waals surface area contributed by atoms with Crippen LogP contribution in [-0.2, 0) is 10.6 Å². The number of hydrogen-bond donors (Lipinski definition) is 0. The highest BCUT2D eigenvalue weighted by atomic mass is 127. The highest BCUT2D eigenvalue weighted by Crippen LogP contribution is 2.28. The number of halogens is 3. The molecule has 106 valence electrons. The van der Waals surface area contributed by atoms with E-state index in [2.05, 4.69) is 0 Å². The average Bonchev–Trinajstić information content (AvgIpc) is 2.96. The third-order valence-corrected chi connectivity index (χ3v) is 4.97. The van der Waals surface area contributed by atoms with Gasteiger partial charge in [-0.15, -0.1) is 11.6 Å². The van der Waals surface area contributed by atoms with Crippen LogP contribution >= 0.6 is 34.2 Å². The number of fused-ring (bicyclic) bond motifs is 1. The van der Waals surface area contributed by atoms with Gasteiger partial charge in [0.25, 0.3) is 0 Å². The highest BCUT2D eigenvalue weighted by Gasteiger charge is 2.24. The second kappa shape index (κ2) is 5.61. The molecule has 1 aromatic heterocycles. The van der Waals surface area contributed by atoms with Crippen LogP contribution in [0.25, 0.3) is 10.9 Å². The molecular formula is C14H12ClFINO2. The Morgan fingerprint density at radius 2 is 2.30 bits per heavy atom. The molecule has 0 aliphatic carbocycles. The van der Waals surface area contributed by atoms with Gasteiger partial charge in [0.05, 0.1) is 33.3 Å². The van der Waals surface area contributed by atoms with Gasteiger partial charge < -0.3 is 9.30 Å². The smallest absolute Gasteiger partial charge is 0.203 e. The van der Waals surface area contributed by atoms with Gasteiger partial charge in [0.2, 0.25) is 5.43 Å². The van der Waals surface area contributed by atoms with Crippen molar-refractivity contribution < 1.29 is 9.13 Å². The van der Waals surface area contributed by atoms with Gasteiger partial charge >= 0.3 is 0 Å². The SMILES string of the molecule is O=c1c(I)c(CCl)n(C2CCOC2)c2ccc(F)cc12. The summed E-state index contributed by atoms with van der Waals surface area (Å²) in [5.41, 5.74) is 1.35. The quantitative estimate of drug-likeness (QED) is 0.564. The fourth-order valence-corrected chi connectivity index (χ4v) is 3.90. The molecule has 1 fully saturated rings. The minimum Gasteiger partial charge on any atom is -0.379 e. The molecule has 20 heavy (non-hydrogen) atoms. The summed E-state index contributed by atoms with van der Waals surface area (Å²) in [7, 11) is 0. The Hall–Kier alpha value is -0.660. The van der Waals surface area contributed by atoms with Gasteiger partial charge in [-0.05, 0) is 47.2 Å². The summed E-state index contributed by atoms with van der Waals surface area (Å²) in [5.74, 6) is -0.157. The normalized spacial score (nSPS) is 18.9. The molecule has 2 aromatic rings. The van der Waals surface area contributed by atoms with Crippen molar-refractivity contribution in [1.82, 2.24) is 4.57 Å². The molecule has 2 heterocycles. The van der Waals surface area contributed by atoms with Crippen LogP contribution in [0.5, 0.6) is 0 Å². The third kappa shape index (κ3) is 2.25. The van der Waals surface area contributed by atoms with Crippen LogP contribution < -0.4 is 5.43 Å². The molecule has 1 aliphatic heterocycles. The molecular weight excluding hydrogens is 396 g/mol. The summed E-state index contributed by atoms with van der Waals surface area (Å²) in [6, 6.07) is 4.46. The second-order valence-corrected chi connectivity index (χ2v) is 6.12. The minimum absolute atomic E-state index is 0.144. The number of benzene rings is 1. The molecule has 1 saturated heterocycles. The lowest BCUT2D eigenvalue weighted by Gasteiger charge is -2.22. The standard InChI is InChI=1S/C14H12ClFINO2/c15-6-12-13(17)14(19)10-5-8(16)1-2-11(10)18(12)9-3-4-20-7-9/h1-2,5,9H,3-4,6-7H2. The van der Waals surface area contributed by atoms with E-state index in [4.69, 9.17) is 16.3 Å². The number of nitrogens with zero attached hydrogens (tertiary/aromatic N) is 1. The zero-order chi connectivity index (χ0) is 14.3. The molecule has 1 unspecified atom stereocenters. The molecule has 1 atom stereocenters. The van der Waals surface area contributed by atoms with E-state index in [9.17, 15) is 9.18 Å². The summed E-state index contributed by atoms with van der Waals surface area (Å²) < 4.78 is 21.5. The molecule has 0 N–H and O–H groups in total. The Morgan fingerprint density at radius 1 is 1.50 bits per heavy atom. The number of alkyl halides is 1. The predicted octanol–water partition coefficient (Wildman–Crippen LogP) is 3.45. The topological polar surface area (TPSA) is 31.2 Å². The van der Waals surface area contributed by atoms with Crippen LogP contribution in [0, 0.1) is 9.39 Å². The Labute approximate surface area is 133 Å². The number of rotatable bonds is 2. The van der Waals surface area contributed by atoms with Crippen LogP contribution in [0.15, 0.2) is 23.0 Å². The molecule has 0 saturated carbocycles. The van der Waals surface area contributed by atoms with Crippen LogP contribution in [-0.4, -0.2) is 17.8 Å². The van der Waals surface area contributed by atoms with Crippen molar-refractivity contribution >= 4 is 45.1 Å². The zero-order valence-corrected chi connectivity index (χ0v) is 13.4. The molecule has 0 spiro atoms. The van der Waals surface area contributed by atoms with Crippen LogP contribution in [0.2, 0.25) is 0 Å². The monoisotopic (exact) mass is 407 g/mol. The number of aromatic nitrogens is 1. The first kappa shape index (κ1) is 14.3. The van der Waals surface area contributed by atoms with E-state index in [-0.39, 0.29) is 17.4 Å². The summed E-state index contributed by atoms with van der Waals surface area (Å²) >= 11 is 8.04. The van der Waals surface area contributed by atoms with E-state index in [0.29, 0.717) is 22.2 Å². The van der Waals surface area contributed by atoms with E-state index < -0.39 is 5.82 Å². The van der Waals surface area contributed by atoms with Crippen LogP contribution in [0.1, 0.15) is 18.2 Å². The van der Waals surface area contributed by atoms with Gasteiger partial charge in [0, 0.05) is 12.0 Å². The number of ether oxygens (including phenoxy) is 1. The average molecular weight is 408 g/mol. The second-order valence-electron chi connectivity index (χ2n) is 4.77. The molecule has 1 aliphatic rings. The van der Waals surface area contributed by atoms with Gasteiger partial charge in [0.15, 0.2) is 0 Å². The van der Waals surface area contributed by atoms with Gasteiger partial charge in [-0.25, -0.2) is 4.39 Å².